The number of rotatable bonds is 5. The summed E-state index contributed by atoms with van der Waals surface area (Å²) in [5.74, 6) is -0.179. The number of nitrogens with one attached hydrogen (secondary N) is 1. The first-order chi connectivity index (χ1) is 10.2. The first-order valence-corrected chi connectivity index (χ1v) is 6.96. The second-order valence-electron chi connectivity index (χ2n) is 4.55. The molecule has 0 aliphatic heterocycles. The number of aliphatic hydroxyl groups excluding tert-OH is 1. The monoisotopic (exact) mass is 301 g/mol. The summed E-state index contributed by atoms with van der Waals surface area (Å²) in [5.41, 5.74) is 2.64. The van der Waals surface area contributed by atoms with Crippen LogP contribution in [-0.4, -0.2) is 11.0 Å². The normalized spacial score (nSPS) is 10.8. The Labute approximate surface area is 128 Å². The third kappa shape index (κ3) is 4.74. The summed E-state index contributed by atoms with van der Waals surface area (Å²) < 4.78 is 0. The van der Waals surface area contributed by atoms with Crippen molar-refractivity contribution in [3.05, 3.63) is 76.3 Å². The Morgan fingerprint density at radius 3 is 2.43 bits per heavy atom. The summed E-state index contributed by atoms with van der Waals surface area (Å²) in [6.45, 7) is 0.463. The number of halogens is 1. The lowest BCUT2D eigenvalue weighted by Crippen LogP contribution is -2.20. The third-order valence-corrected chi connectivity index (χ3v) is 3.34. The van der Waals surface area contributed by atoms with Crippen molar-refractivity contribution < 1.29 is 9.90 Å². The van der Waals surface area contributed by atoms with Crippen LogP contribution < -0.4 is 5.32 Å². The van der Waals surface area contributed by atoms with E-state index in [1.807, 2.05) is 42.5 Å². The number of amides is 1. The van der Waals surface area contributed by atoms with Crippen molar-refractivity contribution >= 4 is 23.6 Å². The van der Waals surface area contributed by atoms with Gasteiger partial charge in [0.2, 0.25) is 5.91 Å². The molecule has 0 saturated carbocycles. The smallest absolute Gasteiger partial charge is 0.244 e. The molecule has 2 N–H and O–H groups in total. The highest BCUT2D eigenvalue weighted by Gasteiger charge is 1.99. The van der Waals surface area contributed by atoms with Crippen LogP contribution in [0.4, 0.5) is 0 Å². The van der Waals surface area contributed by atoms with Crippen LogP contribution in [0.25, 0.3) is 6.08 Å². The number of carbonyl (C=O) groups is 1. The van der Waals surface area contributed by atoms with Crippen LogP contribution in [0.1, 0.15) is 16.7 Å². The molecule has 108 valence electrons. The second kappa shape index (κ2) is 7.62. The van der Waals surface area contributed by atoms with Crippen molar-refractivity contribution in [3.8, 4) is 0 Å². The summed E-state index contributed by atoms with van der Waals surface area (Å²) >= 11 is 6.01. The molecule has 1 amide bonds. The fourth-order valence-electron chi connectivity index (χ4n) is 1.79. The van der Waals surface area contributed by atoms with E-state index >= 15 is 0 Å². The summed E-state index contributed by atoms with van der Waals surface area (Å²) in [4.78, 5) is 11.7. The lowest BCUT2D eigenvalue weighted by molar-refractivity contribution is -0.116. The Bertz CT molecular complexity index is 635. The second-order valence-corrected chi connectivity index (χ2v) is 4.95. The molecule has 0 fully saturated rings. The Hall–Kier alpha value is -2.10. The lowest BCUT2D eigenvalue weighted by Gasteiger charge is -2.04. The van der Waals surface area contributed by atoms with Crippen LogP contribution >= 0.6 is 11.6 Å². The first-order valence-electron chi connectivity index (χ1n) is 6.58. The summed E-state index contributed by atoms with van der Waals surface area (Å²) in [5, 5.41) is 12.4. The van der Waals surface area contributed by atoms with Gasteiger partial charge in [0.25, 0.3) is 0 Å². The van der Waals surface area contributed by atoms with Crippen molar-refractivity contribution in [2.45, 2.75) is 13.2 Å². The van der Waals surface area contributed by atoms with Crippen LogP contribution in [0.5, 0.6) is 0 Å². The molecule has 0 saturated heterocycles. The van der Waals surface area contributed by atoms with Gasteiger partial charge in [-0.15, -0.1) is 0 Å². The Balaban J connectivity index is 1.88. The molecule has 2 rings (SSSR count). The Kier molecular flexibility index (Phi) is 5.55. The molecule has 21 heavy (non-hydrogen) atoms. The molecule has 0 unspecified atom stereocenters. The van der Waals surface area contributed by atoms with E-state index in [0.717, 1.165) is 16.7 Å². The molecule has 0 aliphatic carbocycles. The zero-order valence-electron chi connectivity index (χ0n) is 11.4. The van der Waals surface area contributed by atoms with E-state index in [2.05, 4.69) is 5.32 Å². The predicted molar refractivity (Wildman–Crippen MR) is 84.7 cm³/mol. The van der Waals surface area contributed by atoms with Gasteiger partial charge in [-0.1, -0.05) is 54.1 Å². The molecule has 0 spiro atoms. The summed E-state index contributed by atoms with van der Waals surface area (Å²) in [6, 6.07) is 14.8. The maximum Gasteiger partial charge on any atom is 0.244 e. The topological polar surface area (TPSA) is 49.3 Å². The highest BCUT2D eigenvalue weighted by molar-refractivity contribution is 6.32. The summed E-state index contributed by atoms with van der Waals surface area (Å²) in [6.07, 6.45) is 3.15. The average Bonchev–Trinajstić information content (AvgIpc) is 2.52. The first kappa shape index (κ1) is 15.3. The molecule has 0 atom stereocenters. The molecular weight excluding hydrogens is 286 g/mol. The van der Waals surface area contributed by atoms with Gasteiger partial charge >= 0.3 is 0 Å². The lowest BCUT2D eigenvalue weighted by atomic mass is 10.1. The molecule has 0 aliphatic rings. The van der Waals surface area contributed by atoms with E-state index < -0.39 is 0 Å². The van der Waals surface area contributed by atoms with Crippen molar-refractivity contribution in [2.24, 2.45) is 0 Å². The molecule has 2 aromatic carbocycles. The molecule has 2 aromatic rings. The van der Waals surface area contributed by atoms with Crippen molar-refractivity contribution in [3.63, 3.8) is 0 Å². The fourth-order valence-corrected chi connectivity index (χ4v) is 1.99. The van der Waals surface area contributed by atoms with Crippen molar-refractivity contribution in [2.75, 3.05) is 0 Å². The summed E-state index contributed by atoms with van der Waals surface area (Å²) in [7, 11) is 0. The standard InChI is InChI=1S/C17H16ClNO2/c18-16-4-2-1-3-15(16)9-10-17(21)19-11-13-5-7-14(12-20)8-6-13/h1-10,20H,11-12H2,(H,19,21)/b10-9+. The van der Waals surface area contributed by atoms with E-state index in [1.54, 1.807) is 12.1 Å². The quantitative estimate of drug-likeness (QED) is 0.834. The van der Waals surface area contributed by atoms with Gasteiger partial charge in [0.15, 0.2) is 0 Å². The zero-order valence-corrected chi connectivity index (χ0v) is 12.2. The number of carbonyl (C=O) groups excluding carboxylic acids is 1. The predicted octanol–water partition coefficient (Wildman–Crippen LogP) is 3.16. The average molecular weight is 302 g/mol. The third-order valence-electron chi connectivity index (χ3n) is 2.99. The maximum atomic E-state index is 11.7. The Morgan fingerprint density at radius 1 is 1.10 bits per heavy atom. The van der Waals surface area contributed by atoms with Crippen LogP contribution in [0, 0.1) is 0 Å². The number of benzene rings is 2. The van der Waals surface area contributed by atoms with Crippen LogP contribution in [0.15, 0.2) is 54.6 Å². The molecule has 0 radical (unpaired) electrons. The number of hydrogen-bond donors (Lipinski definition) is 2. The van der Waals surface area contributed by atoms with Gasteiger partial charge in [-0.2, -0.15) is 0 Å². The SMILES string of the molecule is O=C(/C=C/c1ccccc1Cl)NCc1ccc(CO)cc1. The largest absolute Gasteiger partial charge is 0.392 e. The fraction of sp³-hybridized carbons (Fsp3) is 0.118. The van der Waals surface area contributed by atoms with Gasteiger partial charge < -0.3 is 10.4 Å². The van der Waals surface area contributed by atoms with E-state index in [1.165, 1.54) is 6.08 Å². The minimum absolute atomic E-state index is 0.0210. The van der Waals surface area contributed by atoms with Gasteiger partial charge in [0.1, 0.15) is 0 Å². The van der Waals surface area contributed by atoms with E-state index in [4.69, 9.17) is 16.7 Å². The van der Waals surface area contributed by atoms with E-state index in [0.29, 0.717) is 11.6 Å². The Morgan fingerprint density at radius 2 is 1.76 bits per heavy atom. The molecule has 0 bridgehead atoms. The highest BCUT2D eigenvalue weighted by Crippen LogP contribution is 2.16. The van der Waals surface area contributed by atoms with Crippen molar-refractivity contribution in [1.29, 1.82) is 0 Å². The van der Waals surface area contributed by atoms with Gasteiger partial charge in [-0.05, 0) is 28.8 Å². The maximum absolute atomic E-state index is 11.7. The molecule has 0 heterocycles. The van der Waals surface area contributed by atoms with Crippen molar-refractivity contribution in [1.82, 2.24) is 5.32 Å². The highest BCUT2D eigenvalue weighted by atomic mass is 35.5. The molecular formula is C17H16ClNO2. The van der Waals surface area contributed by atoms with Crippen LogP contribution in [-0.2, 0) is 17.9 Å². The minimum atomic E-state index is -0.179. The van der Waals surface area contributed by atoms with E-state index in [9.17, 15) is 4.79 Å². The van der Waals surface area contributed by atoms with Crippen LogP contribution in [0.3, 0.4) is 0 Å². The minimum Gasteiger partial charge on any atom is -0.392 e. The van der Waals surface area contributed by atoms with Gasteiger partial charge in [-0.3, -0.25) is 4.79 Å². The molecule has 3 nitrogen and oxygen atoms in total. The number of aliphatic hydroxyl groups is 1. The van der Waals surface area contributed by atoms with Gasteiger partial charge in [0.05, 0.1) is 6.61 Å². The molecule has 0 aromatic heterocycles. The molecule has 4 heteroatoms. The van der Waals surface area contributed by atoms with E-state index in [-0.39, 0.29) is 12.5 Å². The van der Waals surface area contributed by atoms with Gasteiger partial charge in [-0.25, -0.2) is 0 Å². The number of hydrogen-bond acceptors (Lipinski definition) is 2. The zero-order chi connectivity index (χ0) is 15.1. The van der Waals surface area contributed by atoms with Gasteiger partial charge in [0, 0.05) is 17.6 Å². The van der Waals surface area contributed by atoms with Crippen LogP contribution in [0.2, 0.25) is 5.02 Å².